The second-order valence-corrected chi connectivity index (χ2v) is 4.48. The van der Waals surface area contributed by atoms with E-state index in [2.05, 4.69) is 23.8 Å². The van der Waals surface area contributed by atoms with Gasteiger partial charge in [-0.3, -0.25) is 0 Å². The van der Waals surface area contributed by atoms with E-state index in [9.17, 15) is 0 Å². The summed E-state index contributed by atoms with van der Waals surface area (Å²) in [7, 11) is 0. The second kappa shape index (κ2) is 5.97. The third kappa shape index (κ3) is 2.68. The molecule has 1 aromatic heterocycles. The zero-order valence-corrected chi connectivity index (χ0v) is 11.9. The monoisotopic (exact) mass is 262 g/mol. The number of ether oxygens (including phenoxy) is 2. The highest BCUT2D eigenvalue weighted by atomic mass is 16.5. The Hall–Kier alpha value is -1.68. The predicted octanol–water partition coefficient (Wildman–Crippen LogP) is 2.71. The molecule has 0 unspecified atom stereocenters. The Morgan fingerprint density at radius 1 is 1.11 bits per heavy atom. The number of aryl methyl sites for hydroxylation is 1. The molecule has 0 aliphatic heterocycles. The topological polar surface area (TPSA) is 49.4 Å². The van der Waals surface area contributed by atoms with Gasteiger partial charge in [-0.25, -0.2) is 0 Å². The SMILES string of the molecule is CCOc1cc2c(C)cn(CCN)c2cc1OCC. The normalized spacial score (nSPS) is 10.9. The molecular weight excluding hydrogens is 240 g/mol. The van der Waals surface area contributed by atoms with Crippen LogP contribution in [0.15, 0.2) is 18.3 Å². The van der Waals surface area contributed by atoms with Crippen molar-refractivity contribution in [2.45, 2.75) is 27.3 Å². The van der Waals surface area contributed by atoms with Gasteiger partial charge in [0.1, 0.15) is 0 Å². The summed E-state index contributed by atoms with van der Waals surface area (Å²) in [5.74, 6) is 1.61. The molecule has 0 fully saturated rings. The van der Waals surface area contributed by atoms with Crippen LogP contribution in [0.25, 0.3) is 10.9 Å². The first-order chi connectivity index (χ1) is 9.21. The molecular formula is C15H22N2O2. The lowest BCUT2D eigenvalue weighted by Crippen LogP contribution is -2.08. The molecule has 2 aromatic rings. The van der Waals surface area contributed by atoms with Crippen molar-refractivity contribution in [1.29, 1.82) is 0 Å². The molecule has 4 heteroatoms. The number of aromatic nitrogens is 1. The number of benzene rings is 1. The minimum atomic E-state index is 0.625. The van der Waals surface area contributed by atoms with Gasteiger partial charge in [-0.2, -0.15) is 0 Å². The van der Waals surface area contributed by atoms with E-state index in [4.69, 9.17) is 15.2 Å². The van der Waals surface area contributed by atoms with Crippen molar-refractivity contribution in [2.24, 2.45) is 5.73 Å². The van der Waals surface area contributed by atoms with Crippen molar-refractivity contribution < 1.29 is 9.47 Å². The summed E-state index contributed by atoms with van der Waals surface area (Å²) in [5.41, 5.74) is 8.04. The molecule has 0 aliphatic rings. The fraction of sp³-hybridized carbons (Fsp3) is 0.467. The van der Waals surface area contributed by atoms with Crippen LogP contribution in [0.3, 0.4) is 0 Å². The van der Waals surface area contributed by atoms with Crippen molar-refractivity contribution in [3.8, 4) is 11.5 Å². The van der Waals surface area contributed by atoms with E-state index in [-0.39, 0.29) is 0 Å². The lowest BCUT2D eigenvalue weighted by atomic mass is 10.1. The van der Waals surface area contributed by atoms with Gasteiger partial charge in [-0.05, 0) is 32.4 Å². The fourth-order valence-corrected chi connectivity index (χ4v) is 2.34. The quantitative estimate of drug-likeness (QED) is 0.870. The van der Waals surface area contributed by atoms with E-state index in [0.717, 1.165) is 23.6 Å². The van der Waals surface area contributed by atoms with Gasteiger partial charge < -0.3 is 19.8 Å². The predicted molar refractivity (Wildman–Crippen MR) is 78.1 cm³/mol. The summed E-state index contributed by atoms with van der Waals surface area (Å²) < 4.78 is 13.5. The lowest BCUT2D eigenvalue weighted by Gasteiger charge is -2.12. The maximum absolute atomic E-state index is 5.67. The maximum atomic E-state index is 5.67. The average molecular weight is 262 g/mol. The van der Waals surface area contributed by atoms with Crippen LogP contribution < -0.4 is 15.2 Å². The highest BCUT2D eigenvalue weighted by Crippen LogP contribution is 2.34. The smallest absolute Gasteiger partial charge is 0.163 e. The Labute approximate surface area is 114 Å². The standard InChI is InChI=1S/C15H22N2O2/c1-4-18-14-8-12-11(3)10-17(7-6-16)13(12)9-15(14)19-5-2/h8-10H,4-7,16H2,1-3H3. The summed E-state index contributed by atoms with van der Waals surface area (Å²) in [6.07, 6.45) is 2.13. The molecule has 1 aromatic carbocycles. The van der Waals surface area contributed by atoms with Crippen LogP contribution in [0, 0.1) is 6.92 Å². The summed E-state index contributed by atoms with van der Waals surface area (Å²) >= 11 is 0. The Morgan fingerprint density at radius 3 is 2.32 bits per heavy atom. The average Bonchev–Trinajstić information content (AvgIpc) is 2.68. The van der Waals surface area contributed by atoms with Crippen LogP contribution in [0.4, 0.5) is 0 Å². The molecule has 0 aliphatic carbocycles. The highest BCUT2D eigenvalue weighted by molar-refractivity contribution is 5.87. The van der Waals surface area contributed by atoms with E-state index in [1.165, 1.54) is 10.9 Å². The van der Waals surface area contributed by atoms with E-state index < -0.39 is 0 Å². The van der Waals surface area contributed by atoms with Gasteiger partial charge in [0.25, 0.3) is 0 Å². The van der Waals surface area contributed by atoms with Crippen LogP contribution in [0.1, 0.15) is 19.4 Å². The number of nitrogens with two attached hydrogens (primary N) is 1. The van der Waals surface area contributed by atoms with Gasteiger partial charge in [0.05, 0.1) is 18.7 Å². The zero-order valence-electron chi connectivity index (χ0n) is 11.9. The van der Waals surface area contributed by atoms with Gasteiger partial charge in [0.2, 0.25) is 0 Å². The van der Waals surface area contributed by atoms with Crippen molar-refractivity contribution in [3.63, 3.8) is 0 Å². The molecule has 0 amide bonds. The number of hydrogen-bond donors (Lipinski definition) is 1. The first-order valence-corrected chi connectivity index (χ1v) is 6.80. The number of rotatable bonds is 6. The van der Waals surface area contributed by atoms with Gasteiger partial charge in [-0.15, -0.1) is 0 Å². The Kier molecular flexibility index (Phi) is 4.32. The number of fused-ring (bicyclic) bond motifs is 1. The van der Waals surface area contributed by atoms with Crippen LogP contribution in [0.2, 0.25) is 0 Å². The minimum absolute atomic E-state index is 0.625. The molecule has 2 N–H and O–H groups in total. The van der Waals surface area contributed by atoms with E-state index in [1.54, 1.807) is 0 Å². The second-order valence-electron chi connectivity index (χ2n) is 4.48. The van der Waals surface area contributed by atoms with Gasteiger partial charge in [-0.1, -0.05) is 0 Å². The third-order valence-corrected chi connectivity index (χ3v) is 3.12. The van der Waals surface area contributed by atoms with Crippen molar-refractivity contribution in [1.82, 2.24) is 4.57 Å². The highest BCUT2D eigenvalue weighted by Gasteiger charge is 2.12. The fourth-order valence-electron chi connectivity index (χ4n) is 2.34. The molecule has 104 valence electrons. The summed E-state index contributed by atoms with van der Waals surface area (Å²) in [6, 6.07) is 4.11. The van der Waals surface area contributed by atoms with E-state index in [1.807, 2.05) is 19.9 Å². The molecule has 0 bridgehead atoms. The molecule has 0 spiro atoms. The lowest BCUT2D eigenvalue weighted by molar-refractivity contribution is 0.288. The molecule has 4 nitrogen and oxygen atoms in total. The van der Waals surface area contributed by atoms with Crippen LogP contribution in [-0.4, -0.2) is 24.3 Å². The minimum Gasteiger partial charge on any atom is -0.490 e. The first-order valence-electron chi connectivity index (χ1n) is 6.80. The number of hydrogen-bond acceptors (Lipinski definition) is 3. The van der Waals surface area contributed by atoms with E-state index in [0.29, 0.717) is 19.8 Å². The molecule has 0 radical (unpaired) electrons. The molecule has 2 rings (SSSR count). The third-order valence-electron chi connectivity index (χ3n) is 3.12. The van der Waals surface area contributed by atoms with Gasteiger partial charge in [0.15, 0.2) is 11.5 Å². The van der Waals surface area contributed by atoms with Crippen molar-refractivity contribution in [3.05, 3.63) is 23.9 Å². The van der Waals surface area contributed by atoms with Crippen molar-refractivity contribution >= 4 is 10.9 Å². The van der Waals surface area contributed by atoms with Gasteiger partial charge >= 0.3 is 0 Å². The largest absolute Gasteiger partial charge is 0.490 e. The summed E-state index contributed by atoms with van der Waals surface area (Å²) in [4.78, 5) is 0. The molecule has 19 heavy (non-hydrogen) atoms. The molecule has 0 atom stereocenters. The zero-order chi connectivity index (χ0) is 13.8. The van der Waals surface area contributed by atoms with Crippen molar-refractivity contribution in [2.75, 3.05) is 19.8 Å². The first kappa shape index (κ1) is 13.7. The summed E-state index contributed by atoms with van der Waals surface area (Å²) in [5, 5.41) is 1.19. The number of nitrogens with zero attached hydrogens (tertiary/aromatic N) is 1. The summed E-state index contributed by atoms with van der Waals surface area (Å²) in [6.45, 7) is 8.75. The molecule has 0 saturated carbocycles. The Morgan fingerprint density at radius 2 is 1.74 bits per heavy atom. The van der Waals surface area contributed by atoms with E-state index >= 15 is 0 Å². The maximum Gasteiger partial charge on any atom is 0.163 e. The van der Waals surface area contributed by atoms with Crippen LogP contribution in [-0.2, 0) is 6.54 Å². The van der Waals surface area contributed by atoms with Gasteiger partial charge in [0, 0.05) is 30.7 Å². The Balaban J connectivity index is 2.57. The molecule has 1 heterocycles. The van der Waals surface area contributed by atoms with Crippen LogP contribution in [0.5, 0.6) is 11.5 Å². The van der Waals surface area contributed by atoms with Crippen LogP contribution >= 0.6 is 0 Å². The Bertz CT molecular complexity index is 561. The molecule has 0 saturated heterocycles.